The first kappa shape index (κ1) is 22.7. The van der Waals surface area contributed by atoms with E-state index in [2.05, 4.69) is 15.2 Å². The van der Waals surface area contributed by atoms with E-state index in [1.807, 2.05) is 24.1 Å². The van der Waals surface area contributed by atoms with Crippen LogP contribution in [0.3, 0.4) is 0 Å². The number of thiazole rings is 1. The number of thiophene rings is 1. The van der Waals surface area contributed by atoms with Gasteiger partial charge in [-0.05, 0) is 44.3 Å². The van der Waals surface area contributed by atoms with E-state index in [4.69, 9.17) is 16.3 Å². The standard InChI is InChI=1S/C22H23ClN4O3S2/c1-13-19(32-21(24-13)17-6-7-18(23)31-17)20(28)25-15-12-14(4-5-16(15)30-3)22(29)27-10-8-26(2)9-11-27/h4-7,12H,8-11H2,1-3H3,(H,25,28). The molecule has 0 aliphatic carbocycles. The summed E-state index contributed by atoms with van der Waals surface area (Å²) < 4.78 is 6.08. The molecule has 32 heavy (non-hydrogen) atoms. The molecule has 2 aromatic heterocycles. The summed E-state index contributed by atoms with van der Waals surface area (Å²) in [6.07, 6.45) is 0. The third-order valence-electron chi connectivity index (χ3n) is 5.27. The molecule has 168 valence electrons. The Balaban J connectivity index is 1.55. The minimum Gasteiger partial charge on any atom is -0.495 e. The monoisotopic (exact) mass is 490 g/mol. The number of anilines is 1. The Kier molecular flexibility index (Phi) is 6.80. The van der Waals surface area contributed by atoms with Crippen LogP contribution in [0.25, 0.3) is 9.88 Å². The summed E-state index contributed by atoms with van der Waals surface area (Å²) in [4.78, 5) is 36.0. The van der Waals surface area contributed by atoms with Crippen molar-refractivity contribution in [3.8, 4) is 15.6 Å². The van der Waals surface area contributed by atoms with Crippen molar-refractivity contribution in [2.24, 2.45) is 0 Å². The number of nitrogens with one attached hydrogen (secondary N) is 1. The molecule has 1 saturated heterocycles. The van der Waals surface area contributed by atoms with Crippen molar-refractivity contribution >= 4 is 51.8 Å². The normalized spacial score (nSPS) is 14.4. The molecule has 0 atom stereocenters. The van der Waals surface area contributed by atoms with Crippen molar-refractivity contribution in [3.05, 3.63) is 50.8 Å². The molecule has 1 aliphatic heterocycles. The van der Waals surface area contributed by atoms with Crippen molar-refractivity contribution < 1.29 is 14.3 Å². The summed E-state index contributed by atoms with van der Waals surface area (Å²) in [7, 11) is 3.58. The first-order valence-electron chi connectivity index (χ1n) is 10.1. The van der Waals surface area contributed by atoms with Crippen LogP contribution in [-0.4, -0.2) is 66.9 Å². The topological polar surface area (TPSA) is 74.8 Å². The third-order valence-corrected chi connectivity index (χ3v) is 7.83. The van der Waals surface area contributed by atoms with Gasteiger partial charge in [0.25, 0.3) is 11.8 Å². The minimum atomic E-state index is -0.295. The lowest BCUT2D eigenvalue weighted by atomic mass is 10.1. The molecule has 1 fully saturated rings. The summed E-state index contributed by atoms with van der Waals surface area (Å²) in [5.41, 5.74) is 1.60. The van der Waals surface area contributed by atoms with Gasteiger partial charge >= 0.3 is 0 Å². The number of hydrogen-bond donors (Lipinski definition) is 1. The van der Waals surface area contributed by atoms with Crippen LogP contribution in [0.1, 0.15) is 25.7 Å². The molecule has 0 unspecified atom stereocenters. The zero-order valence-corrected chi connectivity index (χ0v) is 20.4. The van der Waals surface area contributed by atoms with Gasteiger partial charge in [-0.25, -0.2) is 4.98 Å². The van der Waals surface area contributed by atoms with Gasteiger partial charge in [0, 0.05) is 31.7 Å². The van der Waals surface area contributed by atoms with Crippen LogP contribution in [0, 0.1) is 6.92 Å². The Morgan fingerprint density at radius 1 is 1.12 bits per heavy atom. The molecule has 4 rings (SSSR count). The smallest absolute Gasteiger partial charge is 0.267 e. The van der Waals surface area contributed by atoms with Crippen molar-refractivity contribution in [1.82, 2.24) is 14.8 Å². The van der Waals surface area contributed by atoms with Gasteiger partial charge in [0.2, 0.25) is 0 Å². The van der Waals surface area contributed by atoms with Crippen LogP contribution in [0.2, 0.25) is 4.34 Å². The highest BCUT2D eigenvalue weighted by Crippen LogP contribution is 2.35. The van der Waals surface area contributed by atoms with Gasteiger partial charge in [0.1, 0.15) is 15.6 Å². The van der Waals surface area contributed by atoms with E-state index in [1.165, 1.54) is 29.8 Å². The number of ether oxygens (including phenoxy) is 1. The number of aryl methyl sites for hydroxylation is 1. The highest BCUT2D eigenvalue weighted by Gasteiger charge is 2.23. The van der Waals surface area contributed by atoms with Crippen LogP contribution in [0.5, 0.6) is 5.75 Å². The number of hydrogen-bond acceptors (Lipinski definition) is 7. The average Bonchev–Trinajstić information content (AvgIpc) is 3.39. The fourth-order valence-corrected chi connectivity index (χ4v) is 5.51. The van der Waals surface area contributed by atoms with Crippen molar-refractivity contribution in [2.75, 3.05) is 45.7 Å². The van der Waals surface area contributed by atoms with Crippen LogP contribution in [0.15, 0.2) is 30.3 Å². The molecular weight excluding hydrogens is 468 g/mol. The number of nitrogens with zero attached hydrogens (tertiary/aromatic N) is 3. The number of aromatic nitrogens is 1. The van der Waals surface area contributed by atoms with Gasteiger partial charge in [-0.3, -0.25) is 9.59 Å². The van der Waals surface area contributed by atoms with E-state index in [-0.39, 0.29) is 11.8 Å². The van der Waals surface area contributed by atoms with Crippen LogP contribution in [-0.2, 0) is 0 Å². The number of piperazine rings is 1. The summed E-state index contributed by atoms with van der Waals surface area (Å²) >= 11 is 8.76. The molecule has 0 radical (unpaired) electrons. The van der Waals surface area contributed by atoms with Gasteiger partial charge in [0.15, 0.2) is 0 Å². The number of carbonyl (C=O) groups excluding carboxylic acids is 2. The quantitative estimate of drug-likeness (QED) is 0.570. The molecule has 0 bridgehead atoms. The van der Waals surface area contributed by atoms with Crippen LogP contribution < -0.4 is 10.1 Å². The predicted molar refractivity (Wildman–Crippen MR) is 130 cm³/mol. The molecule has 3 heterocycles. The van der Waals surface area contributed by atoms with Crippen molar-refractivity contribution in [2.45, 2.75) is 6.92 Å². The van der Waals surface area contributed by atoms with Gasteiger partial charge in [-0.1, -0.05) is 11.6 Å². The molecule has 10 heteroatoms. The largest absolute Gasteiger partial charge is 0.495 e. The Morgan fingerprint density at radius 3 is 2.53 bits per heavy atom. The Morgan fingerprint density at radius 2 is 1.88 bits per heavy atom. The number of halogens is 1. The molecule has 0 spiro atoms. The molecule has 0 saturated carbocycles. The van der Waals surface area contributed by atoms with E-state index in [0.29, 0.717) is 45.0 Å². The minimum absolute atomic E-state index is 0.0536. The zero-order valence-electron chi connectivity index (χ0n) is 18.0. The maximum atomic E-state index is 13.1. The molecule has 3 aromatic rings. The lowest BCUT2D eigenvalue weighted by Gasteiger charge is -2.32. The molecule has 1 aromatic carbocycles. The second-order valence-electron chi connectivity index (χ2n) is 7.50. The van der Waals surface area contributed by atoms with Crippen molar-refractivity contribution in [1.29, 1.82) is 0 Å². The second-order valence-corrected chi connectivity index (χ2v) is 10.2. The molecular formula is C22H23ClN4O3S2. The Hall–Kier alpha value is -2.46. The highest BCUT2D eigenvalue weighted by molar-refractivity contribution is 7.24. The van der Waals surface area contributed by atoms with Crippen molar-refractivity contribution in [3.63, 3.8) is 0 Å². The van der Waals surface area contributed by atoms with Gasteiger partial charge < -0.3 is 19.9 Å². The molecule has 7 nitrogen and oxygen atoms in total. The summed E-state index contributed by atoms with van der Waals surface area (Å²) in [6.45, 7) is 4.84. The molecule has 1 N–H and O–H groups in total. The number of likely N-dealkylation sites (N-methyl/N-ethyl adjacent to an activating group) is 1. The summed E-state index contributed by atoms with van der Waals surface area (Å²) in [5, 5.41) is 3.64. The fraction of sp³-hybridized carbons (Fsp3) is 0.318. The van der Waals surface area contributed by atoms with Crippen LogP contribution in [0.4, 0.5) is 5.69 Å². The van der Waals surface area contributed by atoms with Crippen LogP contribution >= 0.6 is 34.3 Å². The molecule has 2 amide bonds. The average molecular weight is 491 g/mol. The maximum absolute atomic E-state index is 13.1. The van der Waals surface area contributed by atoms with Gasteiger partial charge in [0.05, 0.1) is 27.7 Å². The number of carbonyl (C=O) groups is 2. The summed E-state index contributed by atoms with van der Waals surface area (Å²) in [6, 6.07) is 8.81. The van der Waals surface area contributed by atoms with E-state index in [0.717, 1.165) is 23.0 Å². The van der Waals surface area contributed by atoms with E-state index < -0.39 is 0 Å². The maximum Gasteiger partial charge on any atom is 0.267 e. The first-order valence-corrected chi connectivity index (χ1v) is 12.1. The summed E-state index contributed by atoms with van der Waals surface area (Å²) in [5.74, 6) is 0.138. The predicted octanol–water partition coefficient (Wildman–Crippen LogP) is 4.48. The lowest BCUT2D eigenvalue weighted by molar-refractivity contribution is 0.0664. The third kappa shape index (κ3) is 4.80. The second kappa shape index (κ2) is 9.58. The number of rotatable bonds is 5. The number of amides is 2. The fourth-order valence-electron chi connectivity index (χ4n) is 3.45. The number of benzene rings is 1. The molecule has 1 aliphatic rings. The van der Waals surface area contributed by atoms with E-state index in [9.17, 15) is 9.59 Å². The zero-order chi connectivity index (χ0) is 22.8. The SMILES string of the molecule is COc1ccc(C(=O)N2CCN(C)CC2)cc1NC(=O)c1sc(-c2ccc(Cl)s2)nc1C. The number of methoxy groups -OCH3 is 1. The lowest BCUT2D eigenvalue weighted by Crippen LogP contribution is -2.47. The Bertz CT molecular complexity index is 1150. The van der Waals surface area contributed by atoms with E-state index >= 15 is 0 Å². The highest BCUT2D eigenvalue weighted by atomic mass is 35.5. The van der Waals surface area contributed by atoms with E-state index in [1.54, 1.807) is 25.1 Å². The van der Waals surface area contributed by atoms with Gasteiger partial charge in [-0.15, -0.1) is 22.7 Å². The Labute approximate surface area is 199 Å². The van der Waals surface area contributed by atoms with Gasteiger partial charge in [-0.2, -0.15) is 0 Å². The first-order chi connectivity index (χ1) is 15.4.